The molecule has 2 aliphatic rings. The van der Waals surface area contributed by atoms with Crippen molar-refractivity contribution in [2.75, 3.05) is 19.6 Å². The molecule has 1 heterocycles. The molecule has 0 radical (unpaired) electrons. The molecule has 29 heavy (non-hydrogen) atoms. The lowest BCUT2D eigenvalue weighted by molar-refractivity contribution is 0.0408. The molecule has 154 valence electrons. The second-order valence-corrected chi connectivity index (χ2v) is 8.06. The van der Waals surface area contributed by atoms with E-state index in [1.54, 1.807) is 17.0 Å². The lowest BCUT2D eigenvalue weighted by atomic mass is 9.93. The molecule has 6 heteroatoms. The number of alkyl halides is 1. The summed E-state index contributed by atoms with van der Waals surface area (Å²) < 4.78 is 33.3. The summed E-state index contributed by atoms with van der Waals surface area (Å²) in [5.74, 6) is 0.145. The first-order valence-corrected chi connectivity index (χ1v) is 10.2. The van der Waals surface area contributed by atoms with Gasteiger partial charge in [-0.25, -0.2) is 13.6 Å². The van der Waals surface area contributed by atoms with Gasteiger partial charge in [-0.2, -0.15) is 0 Å². The van der Waals surface area contributed by atoms with Crippen LogP contribution in [-0.4, -0.2) is 42.3 Å². The van der Waals surface area contributed by atoms with Crippen LogP contribution in [0.2, 0.25) is 0 Å². The Kier molecular flexibility index (Phi) is 5.81. The van der Waals surface area contributed by atoms with Crippen LogP contribution in [0.25, 0.3) is 0 Å². The van der Waals surface area contributed by atoms with Crippen LogP contribution in [0.4, 0.5) is 13.6 Å². The van der Waals surface area contributed by atoms with Crippen molar-refractivity contribution < 1.29 is 18.3 Å². The molecule has 4 rings (SSSR count). The van der Waals surface area contributed by atoms with Crippen molar-refractivity contribution in [3.8, 4) is 0 Å². The first kappa shape index (κ1) is 19.8. The Bertz CT molecular complexity index is 821. The van der Waals surface area contributed by atoms with Gasteiger partial charge in [-0.15, -0.1) is 0 Å². The molecule has 1 aliphatic carbocycles. The predicted molar refractivity (Wildman–Crippen MR) is 107 cm³/mol. The van der Waals surface area contributed by atoms with Gasteiger partial charge in [0.1, 0.15) is 18.1 Å². The topological polar surface area (TPSA) is 41.6 Å². The summed E-state index contributed by atoms with van der Waals surface area (Å²) in [6.07, 6.45) is 1.20. The molecule has 2 atom stereocenters. The van der Waals surface area contributed by atoms with Crippen LogP contribution in [0.15, 0.2) is 54.6 Å². The highest BCUT2D eigenvalue weighted by atomic mass is 19.1. The molecule has 2 unspecified atom stereocenters. The van der Waals surface area contributed by atoms with E-state index in [0.717, 1.165) is 12.0 Å². The molecule has 2 aromatic rings. The predicted octanol–water partition coefficient (Wildman–Crippen LogP) is 4.41. The maximum atomic E-state index is 15.1. The van der Waals surface area contributed by atoms with Crippen LogP contribution in [0.3, 0.4) is 0 Å². The van der Waals surface area contributed by atoms with Gasteiger partial charge in [0, 0.05) is 44.4 Å². The van der Waals surface area contributed by atoms with E-state index < -0.39 is 11.8 Å². The molecular formula is C23H26F2N2O2. The molecule has 1 aliphatic heterocycles. The Balaban J connectivity index is 1.18. The van der Waals surface area contributed by atoms with Gasteiger partial charge in [-0.3, -0.25) is 0 Å². The van der Waals surface area contributed by atoms with E-state index in [4.69, 9.17) is 4.74 Å². The van der Waals surface area contributed by atoms with Crippen molar-refractivity contribution in [1.29, 1.82) is 0 Å². The zero-order valence-corrected chi connectivity index (χ0v) is 16.3. The number of nitrogens with zero attached hydrogens (tertiary/aromatic N) is 1. The molecule has 0 aromatic heterocycles. The van der Waals surface area contributed by atoms with Gasteiger partial charge in [0.05, 0.1) is 0 Å². The third-order valence-corrected chi connectivity index (χ3v) is 5.89. The van der Waals surface area contributed by atoms with Gasteiger partial charge in [-0.1, -0.05) is 42.5 Å². The number of hydrogen-bond donors (Lipinski definition) is 1. The minimum atomic E-state index is -1.29. The van der Waals surface area contributed by atoms with E-state index in [0.29, 0.717) is 44.4 Å². The van der Waals surface area contributed by atoms with E-state index in [-0.39, 0.29) is 12.4 Å². The molecule has 1 N–H and O–H groups in total. The zero-order chi connectivity index (χ0) is 20.3. The van der Waals surface area contributed by atoms with Gasteiger partial charge < -0.3 is 15.0 Å². The lowest BCUT2D eigenvalue weighted by Crippen LogP contribution is -2.49. The van der Waals surface area contributed by atoms with E-state index in [1.807, 2.05) is 18.2 Å². The average molecular weight is 400 g/mol. The molecule has 1 saturated carbocycles. The van der Waals surface area contributed by atoms with E-state index in [2.05, 4.69) is 17.4 Å². The van der Waals surface area contributed by atoms with Gasteiger partial charge in [0.25, 0.3) is 0 Å². The molecule has 1 amide bonds. The standard InChI is InChI=1S/C23H26F2N2O2/c24-19-8-6-17(7-9-19)15-29-22(28)27-12-10-23(25,11-13-27)16-26-21-14-20(21)18-4-2-1-3-5-18/h1-9,20-21,26H,10-16H2. The Morgan fingerprint density at radius 2 is 1.79 bits per heavy atom. The van der Waals surface area contributed by atoms with Crippen molar-refractivity contribution in [1.82, 2.24) is 10.2 Å². The fourth-order valence-electron chi connectivity index (χ4n) is 3.89. The number of hydrogen-bond acceptors (Lipinski definition) is 3. The van der Waals surface area contributed by atoms with Gasteiger partial charge >= 0.3 is 6.09 Å². The third kappa shape index (κ3) is 5.12. The van der Waals surface area contributed by atoms with Crippen LogP contribution in [0.5, 0.6) is 0 Å². The largest absolute Gasteiger partial charge is 0.445 e. The number of halogens is 2. The van der Waals surface area contributed by atoms with Crippen molar-refractivity contribution in [3.05, 3.63) is 71.5 Å². The molecule has 0 spiro atoms. The number of carbonyl (C=O) groups is 1. The summed E-state index contributed by atoms with van der Waals surface area (Å²) in [6.45, 7) is 1.08. The zero-order valence-electron chi connectivity index (χ0n) is 16.3. The lowest BCUT2D eigenvalue weighted by Gasteiger charge is -2.36. The number of ether oxygens (including phenoxy) is 1. The normalized spacial score (nSPS) is 22.9. The summed E-state index contributed by atoms with van der Waals surface area (Å²) in [5, 5.41) is 3.37. The third-order valence-electron chi connectivity index (χ3n) is 5.89. The van der Waals surface area contributed by atoms with Crippen LogP contribution in [0, 0.1) is 5.82 Å². The monoisotopic (exact) mass is 400 g/mol. The molecule has 0 bridgehead atoms. The summed E-state index contributed by atoms with van der Waals surface area (Å²) in [7, 11) is 0. The number of rotatable bonds is 6. The number of nitrogens with one attached hydrogen (secondary N) is 1. The molecular weight excluding hydrogens is 374 g/mol. The maximum Gasteiger partial charge on any atom is 0.410 e. The number of benzene rings is 2. The Labute approximate surface area is 169 Å². The van der Waals surface area contributed by atoms with Gasteiger partial charge in [0.2, 0.25) is 0 Å². The Hall–Kier alpha value is -2.47. The minimum absolute atomic E-state index is 0.0838. The van der Waals surface area contributed by atoms with Crippen LogP contribution < -0.4 is 5.32 Å². The van der Waals surface area contributed by atoms with E-state index in [9.17, 15) is 9.18 Å². The summed E-state index contributed by atoms with van der Waals surface area (Å²) in [4.78, 5) is 13.8. The van der Waals surface area contributed by atoms with Crippen LogP contribution in [0.1, 0.15) is 36.3 Å². The van der Waals surface area contributed by atoms with Crippen LogP contribution >= 0.6 is 0 Å². The summed E-state index contributed by atoms with van der Waals surface area (Å²) in [6, 6.07) is 16.5. The van der Waals surface area contributed by atoms with E-state index >= 15 is 4.39 Å². The second-order valence-electron chi connectivity index (χ2n) is 8.06. The smallest absolute Gasteiger partial charge is 0.410 e. The summed E-state index contributed by atoms with van der Waals surface area (Å²) in [5.41, 5.74) is 0.729. The van der Waals surface area contributed by atoms with E-state index in [1.165, 1.54) is 17.7 Å². The highest BCUT2D eigenvalue weighted by Gasteiger charge is 2.42. The highest BCUT2D eigenvalue weighted by molar-refractivity contribution is 5.67. The molecule has 1 saturated heterocycles. The fourth-order valence-corrected chi connectivity index (χ4v) is 3.89. The number of piperidine rings is 1. The number of carbonyl (C=O) groups excluding carboxylic acids is 1. The van der Waals surface area contributed by atoms with Crippen molar-refractivity contribution in [2.24, 2.45) is 0 Å². The molecule has 4 nitrogen and oxygen atoms in total. The maximum absolute atomic E-state index is 15.1. The van der Waals surface area contributed by atoms with Crippen molar-refractivity contribution in [2.45, 2.75) is 43.5 Å². The molecule has 2 aromatic carbocycles. The fraction of sp³-hybridized carbons (Fsp3) is 0.435. The first-order chi connectivity index (χ1) is 14.0. The van der Waals surface area contributed by atoms with Crippen molar-refractivity contribution >= 4 is 6.09 Å². The summed E-state index contributed by atoms with van der Waals surface area (Å²) >= 11 is 0. The average Bonchev–Trinajstić information content (AvgIpc) is 3.53. The SMILES string of the molecule is O=C(OCc1ccc(F)cc1)N1CCC(F)(CNC2CC2c2ccccc2)CC1. The number of amides is 1. The second kappa shape index (κ2) is 8.49. The highest BCUT2D eigenvalue weighted by Crippen LogP contribution is 2.41. The Morgan fingerprint density at radius 1 is 1.10 bits per heavy atom. The first-order valence-electron chi connectivity index (χ1n) is 10.2. The van der Waals surface area contributed by atoms with Gasteiger partial charge in [-0.05, 0) is 29.7 Å². The Morgan fingerprint density at radius 3 is 2.48 bits per heavy atom. The van der Waals surface area contributed by atoms with Gasteiger partial charge in [0.15, 0.2) is 0 Å². The minimum Gasteiger partial charge on any atom is -0.445 e. The number of likely N-dealkylation sites (tertiary alicyclic amines) is 1. The van der Waals surface area contributed by atoms with Crippen molar-refractivity contribution in [3.63, 3.8) is 0 Å². The molecule has 2 fully saturated rings. The quantitative estimate of drug-likeness (QED) is 0.781. The van der Waals surface area contributed by atoms with Crippen LogP contribution in [-0.2, 0) is 11.3 Å².